The summed E-state index contributed by atoms with van der Waals surface area (Å²) in [5.74, 6) is -0.102. The number of hydrogen-bond donors (Lipinski definition) is 2. The van der Waals surface area contributed by atoms with Crippen molar-refractivity contribution in [3.05, 3.63) is 29.3 Å². The number of benzene rings is 1. The highest BCUT2D eigenvalue weighted by Crippen LogP contribution is 2.20. The Morgan fingerprint density at radius 2 is 2.08 bits per heavy atom. The lowest BCUT2D eigenvalue weighted by molar-refractivity contribution is -0.124. The summed E-state index contributed by atoms with van der Waals surface area (Å²) in [5.41, 5.74) is 0.659. The molecular weight excluding hydrogens is 330 g/mol. The summed E-state index contributed by atoms with van der Waals surface area (Å²) in [5, 5.41) is 6.30. The molecule has 24 heavy (non-hydrogen) atoms. The number of halogens is 1. The van der Waals surface area contributed by atoms with Crippen molar-refractivity contribution in [2.45, 2.75) is 32.2 Å². The average molecular weight is 354 g/mol. The van der Waals surface area contributed by atoms with Crippen molar-refractivity contribution >= 4 is 29.2 Å². The predicted molar refractivity (Wildman–Crippen MR) is 94.3 cm³/mol. The van der Waals surface area contributed by atoms with Crippen LogP contribution in [0, 0.1) is 0 Å². The highest BCUT2D eigenvalue weighted by molar-refractivity contribution is 6.30. The van der Waals surface area contributed by atoms with Crippen LogP contribution in [-0.2, 0) is 9.53 Å². The van der Waals surface area contributed by atoms with Crippen LogP contribution in [0.4, 0.5) is 10.5 Å². The summed E-state index contributed by atoms with van der Waals surface area (Å²) < 4.78 is 5.24. The fourth-order valence-electron chi connectivity index (χ4n) is 2.66. The topological polar surface area (TPSA) is 70.7 Å². The number of nitrogens with zero attached hydrogens (tertiary/aromatic N) is 1. The van der Waals surface area contributed by atoms with Crippen LogP contribution >= 0.6 is 11.6 Å². The molecule has 2 rings (SSSR count). The van der Waals surface area contributed by atoms with E-state index in [1.165, 1.54) is 0 Å². The number of anilines is 1. The third-order valence-electron chi connectivity index (χ3n) is 3.88. The zero-order chi connectivity index (χ0) is 17.4. The van der Waals surface area contributed by atoms with Gasteiger partial charge in [0, 0.05) is 37.0 Å². The third kappa shape index (κ3) is 5.39. The van der Waals surface area contributed by atoms with Crippen molar-refractivity contribution in [2.75, 3.05) is 31.6 Å². The molecule has 7 heteroatoms. The van der Waals surface area contributed by atoms with E-state index in [2.05, 4.69) is 10.6 Å². The van der Waals surface area contributed by atoms with E-state index in [9.17, 15) is 9.59 Å². The number of likely N-dealkylation sites (tertiary alicyclic amines) is 1. The van der Waals surface area contributed by atoms with Gasteiger partial charge in [0.05, 0.1) is 0 Å². The number of hydrogen-bond acceptors (Lipinski definition) is 3. The van der Waals surface area contributed by atoms with Gasteiger partial charge in [-0.05, 0) is 50.5 Å². The Kier molecular flexibility index (Phi) is 7.34. The molecule has 1 aromatic rings. The van der Waals surface area contributed by atoms with Crippen LogP contribution in [0.25, 0.3) is 0 Å². The van der Waals surface area contributed by atoms with Gasteiger partial charge in [-0.15, -0.1) is 0 Å². The molecule has 1 aliphatic rings. The summed E-state index contributed by atoms with van der Waals surface area (Å²) in [6.45, 7) is 4.38. The Bertz CT molecular complexity index is 551. The number of amides is 3. The van der Waals surface area contributed by atoms with Crippen molar-refractivity contribution < 1.29 is 14.3 Å². The van der Waals surface area contributed by atoms with E-state index in [4.69, 9.17) is 16.3 Å². The number of carbonyl (C=O) groups excluding carboxylic acids is 2. The zero-order valence-corrected chi connectivity index (χ0v) is 14.6. The standard InChI is InChI=1S/C17H24ClN3O3/c1-2-24-12-4-10-19-16(22)15-5-3-11-21(15)17(23)20-14-8-6-13(18)7-9-14/h6-9,15H,2-5,10-12H2,1H3,(H,19,22)(H,20,23)/t15-/m1/s1. The van der Waals surface area contributed by atoms with Crippen LogP contribution in [0.1, 0.15) is 26.2 Å². The summed E-state index contributed by atoms with van der Waals surface area (Å²) >= 11 is 5.84. The van der Waals surface area contributed by atoms with Gasteiger partial charge in [0.15, 0.2) is 0 Å². The highest BCUT2D eigenvalue weighted by atomic mass is 35.5. The van der Waals surface area contributed by atoms with Crippen molar-refractivity contribution in [3.63, 3.8) is 0 Å². The number of urea groups is 1. The maximum absolute atomic E-state index is 12.4. The van der Waals surface area contributed by atoms with Crippen molar-refractivity contribution in [1.29, 1.82) is 0 Å². The fraction of sp³-hybridized carbons (Fsp3) is 0.529. The first kappa shape index (κ1) is 18.5. The van der Waals surface area contributed by atoms with Crippen LogP contribution in [-0.4, -0.2) is 49.2 Å². The quantitative estimate of drug-likeness (QED) is 0.740. The molecule has 2 N–H and O–H groups in total. The molecule has 1 aliphatic heterocycles. The van der Waals surface area contributed by atoms with Crippen molar-refractivity contribution in [2.24, 2.45) is 0 Å². The van der Waals surface area contributed by atoms with Gasteiger partial charge in [0.25, 0.3) is 0 Å². The molecule has 1 fully saturated rings. The number of carbonyl (C=O) groups is 2. The molecule has 0 radical (unpaired) electrons. The van der Waals surface area contributed by atoms with E-state index in [0.29, 0.717) is 43.4 Å². The first-order chi connectivity index (χ1) is 11.6. The second kappa shape index (κ2) is 9.49. The Balaban J connectivity index is 1.83. The minimum Gasteiger partial charge on any atom is -0.382 e. The summed E-state index contributed by atoms with van der Waals surface area (Å²) in [6, 6.07) is 6.22. The summed E-state index contributed by atoms with van der Waals surface area (Å²) in [4.78, 5) is 26.3. The molecule has 3 amide bonds. The van der Waals surface area contributed by atoms with Gasteiger partial charge in [-0.1, -0.05) is 11.6 Å². The SMILES string of the molecule is CCOCCCNC(=O)[C@H]1CCCN1C(=O)Nc1ccc(Cl)cc1. The molecule has 1 saturated heterocycles. The van der Waals surface area contributed by atoms with Gasteiger partial charge < -0.3 is 20.3 Å². The third-order valence-corrected chi connectivity index (χ3v) is 4.13. The molecule has 6 nitrogen and oxygen atoms in total. The zero-order valence-electron chi connectivity index (χ0n) is 13.9. The molecule has 0 saturated carbocycles. The predicted octanol–water partition coefficient (Wildman–Crippen LogP) is 2.88. The lowest BCUT2D eigenvalue weighted by atomic mass is 10.2. The largest absolute Gasteiger partial charge is 0.382 e. The molecule has 132 valence electrons. The summed E-state index contributed by atoms with van der Waals surface area (Å²) in [6.07, 6.45) is 2.28. The van der Waals surface area contributed by atoms with E-state index in [1.807, 2.05) is 6.92 Å². The molecule has 1 aromatic carbocycles. The van der Waals surface area contributed by atoms with E-state index in [-0.39, 0.29) is 11.9 Å². The maximum atomic E-state index is 12.4. The minimum atomic E-state index is -0.413. The van der Waals surface area contributed by atoms with E-state index < -0.39 is 6.04 Å². The van der Waals surface area contributed by atoms with Gasteiger partial charge in [-0.3, -0.25) is 4.79 Å². The van der Waals surface area contributed by atoms with Gasteiger partial charge >= 0.3 is 6.03 Å². The van der Waals surface area contributed by atoms with Crippen molar-refractivity contribution in [1.82, 2.24) is 10.2 Å². The first-order valence-electron chi connectivity index (χ1n) is 8.30. The fourth-order valence-corrected chi connectivity index (χ4v) is 2.78. The van der Waals surface area contributed by atoms with Gasteiger partial charge in [-0.2, -0.15) is 0 Å². The highest BCUT2D eigenvalue weighted by Gasteiger charge is 2.33. The lowest BCUT2D eigenvalue weighted by Crippen LogP contribution is -2.47. The smallest absolute Gasteiger partial charge is 0.322 e. The number of ether oxygens (including phenoxy) is 1. The van der Waals surface area contributed by atoms with Gasteiger partial charge in [-0.25, -0.2) is 4.79 Å². The summed E-state index contributed by atoms with van der Waals surface area (Å²) in [7, 11) is 0. The van der Waals surface area contributed by atoms with Crippen LogP contribution in [0.3, 0.4) is 0 Å². The lowest BCUT2D eigenvalue weighted by Gasteiger charge is -2.24. The normalized spacial score (nSPS) is 16.9. The van der Waals surface area contributed by atoms with Gasteiger partial charge in [0.1, 0.15) is 6.04 Å². The number of rotatable bonds is 7. The molecule has 0 bridgehead atoms. The van der Waals surface area contributed by atoms with E-state index >= 15 is 0 Å². The monoisotopic (exact) mass is 353 g/mol. The molecule has 0 aliphatic carbocycles. The van der Waals surface area contributed by atoms with Gasteiger partial charge in [0.2, 0.25) is 5.91 Å². The Morgan fingerprint density at radius 1 is 1.33 bits per heavy atom. The first-order valence-corrected chi connectivity index (χ1v) is 8.68. The van der Waals surface area contributed by atoms with Crippen LogP contribution < -0.4 is 10.6 Å². The van der Waals surface area contributed by atoms with E-state index in [0.717, 1.165) is 12.8 Å². The van der Waals surface area contributed by atoms with Crippen LogP contribution in [0.5, 0.6) is 0 Å². The Morgan fingerprint density at radius 3 is 2.79 bits per heavy atom. The Labute approximate surface area is 147 Å². The second-order valence-corrected chi connectivity index (χ2v) is 6.07. The maximum Gasteiger partial charge on any atom is 0.322 e. The van der Waals surface area contributed by atoms with Crippen LogP contribution in [0.2, 0.25) is 5.02 Å². The molecule has 0 aromatic heterocycles. The molecule has 1 heterocycles. The van der Waals surface area contributed by atoms with E-state index in [1.54, 1.807) is 29.2 Å². The van der Waals surface area contributed by atoms with Crippen molar-refractivity contribution in [3.8, 4) is 0 Å². The van der Waals surface area contributed by atoms with Crippen LogP contribution in [0.15, 0.2) is 24.3 Å². The second-order valence-electron chi connectivity index (χ2n) is 5.63. The molecule has 0 unspecified atom stereocenters. The minimum absolute atomic E-state index is 0.102. The molecule has 0 spiro atoms. The number of nitrogens with one attached hydrogen (secondary N) is 2. The molecule has 1 atom stereocenters. The molecular formula is C17H24ClN3O3. The average Bonchev–Trinajstić information content (AvgIpc) is 3.06. The Hall–Kier alpha value is -1.79.